The highest BCUT2D eigenvalue weighted by atomic mass is 16.5. The van der Waals surface area contributed by atoms with E-state index in [1.165, 1.54) is 24.3 Å². The molecule has 5 heteroatoms. The lowest BCUT2D eigenvalue weighted by atomic mass is 10.1. The maximum Gasteiger partial charge on any atom is 0.338 e. The first-order chi connectivity index (χ1) is 11.1. The molecule has 0 aliphatic heterocycles. The van der Waals surface area contributed by atoms with E-state index in [1.807, 2.05) is 25.1 Å². The van der Waals surface area contributed by atoms with Gasteiger partial charge in [-0.1, -0.05) is 37.3 Å². The topological polar surface area (TPSA) is 72.5 Å². The third kappa shape index (κ3) is 4.51. The number of hydrogen-bond donors (Lipinski definition) is 1. The molecule has 0 bridgehead atoms. The predicted molar refractivity (Wildman–Crippen MR) is 86.6 cm³/mol. The largest absolute Gasteiger partial charge is 0.452 e. The van der Waals surface area contributed by atoms with Gasteiger partial charge in [-0.05, 0) is 30.2 Å². The molecule has 2 aromatic carbocycles. The van der Waals surface area contributed by atoms with Gasteiger partial charge in [0, 0.05) is 11.3 Å². The second kappa shape index (κ2) is 7.89. The molecule has 5 nitrogen and oxygen atoms in total. The van der Waals surface area contributed by atoms with Crippen LogP contribution in [-0.4, -0.2) is 24.8 Å². The Balaban J connectivity index is 1.90. The molecule has 0 aliphatic rings. The van der Waals surface area contributed by atoms with Gasteiger partial charge in [0.2, 0.25) is 0 Å². The van der Waals surface area contributed by atoms with E-state index in [0.29, 0.717) is 17.5 Å². The molecular formula is C18H17NO4. The lowest BCUT2D eigenvalue weighted by Crippen LogP contribution is -2.21. The Kier molecular flexibility index (Phi) is 5.63. The van der Waals surface area contributed by atoms with Gasteiger partial charge in [0.25, 0.3) is 5.91 Å². The second-order valence-electron chi connectivity index (χ2n) is 4.87. The van der Waals surface area contributed by atoms with Gasteiger partial charge in [0.15, 0.2) is 6.61 Å². The lowest BCUT2D eigenvalue weighted by Gasteiger charge is -2.10. The number of aldehydes is 1. The van der Waals surface area contributed by atoms with Gasteiger partial charge >= 0.3 is 5.97 Å². The van der Waals surface area contributed by atoms with E-state index in [-0.39, 0.29) is 12.2 Å². The molecule has 0 saturated carbocycles. The molecule has 0 radical (unpaired) electrons. The first kappa shape index (κ1) is 16.4. The Labute approximate surface area is 134 Å². The zero-order chi connectivity index (χ0) is 16.7. The first-order valence-electron chi connectivity index (χ1n) is 7.24. The summed E-state index contributed by atoms with van der Waals surface area (Å²) in [4.78, 5) is 34.3. The Bertz CT molecular complexity index is 707. The van der Waals surface area contributed by atoms with Crippen LogP contribution < -0.4 is 5.32 Å². The highest BCUT2D eigenvalue weighted by Crippen LogP contribution is 2.15. The zero-order valence-electron chi connectivity index (χ0n) is 12.7. The van der Waals surface area contributed by atoms with Gasteiger partial charge < -0.3 is 10.1 Å². The molecule has 2 aromatic rings. The SMILES string of the molecule is CCc1ccccc1NC(=O)COC(=O)c1ccc(C=O)cc1. The van der Waals surface area contributed by atoms with Crippen LogP contribution in [-0.2, 0) is 16.0 Å². The smallest absolute Gasteiger partial charge is 0.338 e. The van der Waals surface area contributed by atoms with Crippen LogP contribution in [0, 0.1) is 0 Å². The molecule has 0 aromatic heterocycles. The summed E-state index contributed by atoms with van der Waals surface area (Å²) in [5, 5.41) is 2.72. The summed E-state index contributed by atoms with van der Waals surface area (Å²) in [7, 11) is 0. The van der Waals surface area contributed by atoms with E-state index in [1.54, 1.807) is 6.07 Å². The van der Waals surface area contributed by atoms with Crippen LogP contribution in [0.3, 0.4) is 0 Å². The fourth-order valence-corrected chi connectivity index (χ4v) is 2.05. The van der Waals surface area contributed by atoms with Crippen molar-refractivity contribution in [3.63, 3.8) is 0 Å². The summed E-state index contributed by atoms with van der Waals surface area (Å²) in [5.74, 6) is -1.01. The van der Waals surface area contributed by atoms with Crippen LogP contribution in [0.5, 0.6) is 0 Å². The van der Waals surface area contributed by atoms with E-state index in [9.17, 15) is 14.4 Å². The van der Waals surface area contributed by atoms with Crippen molar-refractivity contribution in [2.24, 2.45) is 0 Å². The van der Waals surface area contributed by atoms with E-state index in [2.05, 4.69) is 5.32 Å². The lowest BCUT2D eigenvalue weighted by molar-refractivity contribution is -0.119. The monoisotopic (exact) mass is 311 g/mol. The molecular weight excluding hydrogens is 294 g/mol. The number of rotatable bonds is 6. The summed E-state index contributed by atoms with van der Waals surface area (Å²) in [6.45, 7) is 1.63. The van der Waals surface area contributed by atoms with Crippen molar-refractivity contribution < 1.29 is 19.1 Å². The Morgan fingerprint density at radius 3 is 2.43 bits per heavy atom. The van der Waals surface area contributed by atoms with Crippen LogP contribution in [0.2, 0.25) is 0 Å². The Hall–Kier alpha value is -2.95. The molecule has 0 heterocycles. The van der Waals surface area contributed by atoms with Gasteiger partial charge in [-0.3, -0.25) is 9.59 Å². The van der Waals surface area contributed by atoms with Crippen molar-refractivity contribution in [2.45, 2.75) is 13.3 Å². The Morgan fingerprint density at radius 1 is 1.09 bits per heavy atom. The highest BCUT2D eigenvalue weighted by molar-refractivity contribution is 5.96. The number of carbonyl (C=O) groups is 3. The number of aryl methyl sites for hydroxylation is 1. The van der Waals surface area contributed by atoms with Crippen LogP contribution in [0.25, 0.3) is 0 Å². The van der Waals surface area contributed by atoms with E-state index < -0.39 is 11.9 Å². The highest BCUT2D eigenvalue weighted by Gasteiger charge is 2.11. The number of hydrogen-bond acceptors (Lipinski definition) is 4. The summed E-state index contributed by atoms with van der Waals surface area (Å²) in [5.41, 5.74) is 2.48. The third-order valence-corrected chi connectivity index (χ3v) is 3.29. The van der Waals surface area contributed by atoms with Gasteiger partial charge in [0.05, 0.1) is 5.56 Å². The fraction of sp³-hybridized carbons (Fsp3) is 0.167. The molecule has 0 unspecified atom stereocenters. The maximum atomic E-state index is 11.9. The van der Waals surface area contributed by atoms with Crippen molar-refractivity contribution in [2.75, 3.05) is 11.9 Å². The molecule has 118 valence electrons. The average Bonchev–Trinajstić information content (AvgIpc) is 2.60. The maximum absolute atomic E-state index is 11.9. The van der Waals surface area contributed by atoms with E-state index in [0.717, 1.165) is 12.0 Å². The standard InChI is InChI=1S/C18H17NO4/c1-2-14-5-3-4-6-16(14)19-17(21)12-23-18(22)15-9-7-13(11-20)8-10-15/h3-11H,2,12H2,1H3,(H,19,21). The summed E-state index contributed by atoms with van der Waals surface area (Å²) < 4.78 is 4.97. The number of esters is 1. The average molecular weight is 311 g/mol. The minimum Gasteiger partial charge on any atom is -0.452 e. The quantitative estimate of drug-likeness (QED) is 0.657. The zero-order valence-corrected chi connectivity index (χ0v) is 12.7. The number of amides is 1. The van der Waals surface area contributed by atoms with Crippen LogP contribution in [0.1, 0.15) is 33.2 Å². The van der Waals surface area contributed by atoms with Crippen LogP contribution in [0.15, 0.2) is 48.5 Å². The molecule has 23 heavy (non-hydrogen) atoms. The number of anilines is 1. The first-order valence-corrected chi connectivity index (χ1v) is 7.24. The van der Waals surface area contributed by atoms with Crippen molar-refractivity contribution in [1.29, 1.82) is 0 Å². The molecule has 0 fully saturated rings. The van der Waals surface area contributed by atoms with Gasteiger partial charge in [-0.15, -0.1) is 0 Å². The van der Waals surface area contributed by atoms with Crippen LogP contribution >= 0.6 is 0 Å². The molecule has 0 atom stereocenters. The fourth-order valence-electron chi connectivity index (χ4n) is 2.05. The molecule has 2 rings (SSSR count). The van der Waals surface area contributed by atoms with Crippen molar-refractivity contribution >= 4 is 23.9 Å². The van der Waals surface area contributed by atoms with Gasteiger partial charge in [-0.2, -0.15) is 0 Å². The minimum atomic E-state index is -0.610. The number of para-hydroxylation sites is 1. The van der Waals surface area contributed by atoms with Gasteiger partial charge in [0.1, 0.15) is 6.29 Å². The molecule has 1 amide bonds. The van der Waals surface area contributed by atoms with Crippen molar-refractivity contribution in [1.82, 2.24) is 0 Å². The number of ether oxygens (including phenoxy) is 1. The molecule has 0 aliphatic carbocycles. The van der Waals surface area contributed by atoms with Gasteiger partial charge in [-0.25, -0.2) is 4.79 Å². The number of nitrogens with one attached hydrogen (secondary N) is 1. The van der Waals surface area contributed by atoms with E-state index >= 15 is 0 Å². The van der Waals surface area contributed by atoms with E-state index in [4.69, 9.17) is 4.74 Å². The second-order valence-corrected chi connectivity index (χ2v) is 4.87. The van der Waals surface area contributed by atoms with Crippen LogP contribution in [0.4, 0.5) is 5.69 Å². The number of benzene rings is 2. The predicted octanol–water partition coefficient (Wildman–Crippen LogP) is 2.86. The molecule has 0 spiro atoms. The summed E-state index contributed by atoms with van der Waals surface area (Å²) >= 11 is 0. The Morgan fingerprint density at radius 2 is 1.78 bits per heavy atom. The third-order valence-electron chi connectivity index (χ3n) is 3.29. The van der Waals surface area contributed by atoms with Crippen molar-refractivity contribution in [3.05, 3.63) is 65.2 Å². The van der Waals surface area contributed by atoms with Crippen molar-refractivity contribution in [3.8, 4) is 0 Å². The minimum absolute atomic E-state index is 0.289. The summed E-state index contributed by atoms with van der Waals surface area (Å²) in [6.07, 6.45) is 1.48. The molecule has 1 N–H and O–H groups in total. The number of carbonyl (C=O) groups excluding carboxylic acids is 3. The summed E-state index contributed by atoms with van der Waals surface area (Å²) in [6, 6.07) is 13.5. The normalized spacial score (nSPS) is 9.96. The molecule has 0 saturated heterocycles.